The zero-order valence-corrected chi connectivity index (χ0v) is 31.2. The monoisotopic (exact) mass is 746 g/mol. The van der Waals surface area contributed by atoms with E-state index in [2.05, 4.69) is 120 Å². The highest BCUT2D eigenvalue weighted by Crippen LogP contribution is 2.45. The van der Waals surface area contributed by atoms with E-state index in [1.54, 1.807) is 0 Å². The fraction of sp³-hybridized carbons (Fsp3) is 0. The first-order valence-electron chi connectivity index (χ1n) is 19.0. The van der Waals surface area contributed by atoms with E-state index < -0.39 is 0 Å². The minimum absolute atomic E-state index is 0.571. The van der Waals surface area contributed by atoms with Crippen LogP contribution in [0.25, 0.3) is 115 Å². The van der Waals surface area contributed by atoms with Crippen molar-refractivity contribution in [3.8, 4) is 51.0 Å². The Kier molecular flexibility index (Phi) is 7.03. The highest BCUT2D eigenvalue weighted by atomic mass is 32.1. The number of fused-ring (bicyclic) bond motifs is 9. The van der Waals surface area contributed by atoms with Gasteiger partial charge < -0.3 is 8.98 Å². The number of nitrogens with zero attached hydrogens (tertiary/aromatic N) is 4. The molecule has 0 bridgehead atoms. The van der Waals surface area contributed by atoms with Gasteiger partial charge in [0, 0.05) is 48.1 Å². The van der Waals surface area contributed by atoms with Crippen LogP contribution < -0.4 is 0 Å². The van der Waals surface area contributed by atoms with Crippen molar-refractivity contribution in [1.82, 2.24) is 19.5 Å². The average molecular weight is 747 g/mol. The van der Waals surface area contributed by atoms with Gasteiger partial charge in [0.05, 0.1) is 27.0 Å². The van der Waals surface area contributed by atoms with Crippen LogP contribution in [0.1, 0.15) is 0 Å². The maximum atomic E-state index is 6.81. The van der Waals surface area contributed by atoms with E-state index in [-0.39, 0.29) is 0 Å². The molecule has 0 saturated carbocycles. The van der Waals surface area contributed by atoms with Crippen molar-refractivity contribution in [3.05, 3.63) is 182 Å². The molecule has 5 nitrogen and oxygen atoms in total. The van der Waals surface area contributed by atoms with Crippen LogP contribution in [0.2, 0.25) is 0 Å². The minimum Gasteiger partial charge on any atom is -0.455 e. The molecule has 0 aliphatic carbocycles. The van der Waals surface area contributed by atoms with Crippen LogP contribution in [-0.2, 0) is 0 Å². The molecule has 0 aliphatic rings. The van der Waals surface area contributed by atoms with Crippen molar-refractivity contribution >= 4 is 75.3 Å². The van der Waals surface area contributed by atoms with Gasteiger partial charge in [-0.3, -0.25) is 0 Å². The molecule has 0 fully saturated rings. The molecule has 0 radical (unpaired) electrons. The third-order valence-electron chi connectivity index (χ3n) is 11.1. The Labute approximate surface area is 330 Å². The number of benzene rings is 8. The van der Waals surface area contributed by atoms with Gasteiger partial charge in [0.25, 0.3) is 0 Å². The summed E-state index contributed by atoms with van der Waals surface area (Å²) >= 11 is 1.86. The van der Waals surface area contributed by atoms with Gasteiger partial charge in [0.1, 0.15) is 11.2 Å². The van der Waals surface area contributed by atoms with Gasteiger partial charge >= 0.3 is 0 Å². The van der Waals surface area contributed by atoms with Crippen LogP contribution in [0.5, 0.6) is 0 Å². The summed E-state index contributed by atoms with van der Waals surface area (Å²) in [5.41, 5.74) is 10.2. The Bertz CT molecular complexity index is 3420. The van der Waals surface area contributed by atoms with Crippen LogP contribution in [-0.4, -0.2) is 19.5 Å². The van der Waals surface area contributed by atoms with Crippen molar-refractivity contribution in [2.45, 2.75) is 0 Å². The molecule has 266 valence electrons. The predicted octanol–water partition coefficient (Wildman–Crippen LogP) is 13.9. The second kappa shape index (κ2) is 12.6. The van der Waals surface area contributed by atoms with Crippen molar-refractivity contribution in [1.29, 1.82) is 0 Å². The number of rotatable bonds is 5. The lowest BCUT2D eigenvalue weighted by Crippen LogP contribution is -2.00. The summed E-state index contributed by atoms with van der Waals surface area (Å²) in [5, 5.41) is 7.10. The predicted molar refractivity (Wildman–Crippen MR) is 236 cm³/mol. The summed E-state index contributed by atoms with van der Waals surface area (Å²) in [6.07, 6.45) is 0. The molecule has 0 unspecified atom stereocenters. The van der Waals surface area contributed by atoms with Crippen LogP contribution in [0.15, 0.2) is 186 Å². The Morgan fingerprint density at radius 1 is 0.386 bits per heavy atom. The van der Waals surface area contributed by atoms with E-state index in [0.29, 0.717) is 17.5 Å². The van der Waals surface area contributed by atoms with Crippen molar-refractivity contribution in [2.24, 2.45) is 0 Å². The third kappa shape index (κ3) is 4.98. The van der Waals surface area contributed by atoms with Crippen LogP contribution in [0.4, 0.5) is 0 Å². The van der Waals surface area contributed by atoms with Crippen LogP contribution in [0, 0.1) is 0 Å². The molecular formula is C51H30N4OS. The van der Waals surface area contributed by atoms with E-state index in [0.717, 1.165) is 44.2 Å². The molecule has 57 heavy (non-hydrogen) atoms. The number of para-hydroxylation sites is 3. The third-order valence-corrected chi connectivity index (χ3v) is 12.4. The Hall–Kier alpha value is -7.41. The second-order valence-corrected chi connectivity index (χ2v) is 15.4. The fourth-order valence-corrected chi connectivity index (χ4v) is 9.80. The fourth-order valence-electron chi connectivity index (χ4n) is 8.46. The van der Waals surface area contributed by atoms with Gasteiger partial charge in [-0.1, -0.05) is 146 Å². The van der Waals surface area contributed by atoms with E-state index in [1.807, 2.05) is 78.1 Å². The SMILES string of the molecule is c1ccc(-c2nc(-c3ccccc3)nc(-c3cccc4c3oc3cc(-c5cccc6c5sc5c(-n7c8ccccc8c8ccccc87)cccc56)ccc34)n2)cc1. The van der Waals surface area contributed by atoms with E-state index in [4.69, 9.17) is 19.4 Å². The van der Waals surface area contributed by atoms with E-state index in [9.17, 15) is 0 Å². The lowest BCUT2D eigenvalue weighted by molar-refractivity contribution is 0.669. The van der Waals surface area contributed by atoms with Crippen molar-refractivity contribution in [2.75, 3.05) is 0 Å². The average Bonchev–Trinajstić information content (AvgIpc) is 3.96. The van der Waals surface area contributed by atoms with Gasteiger partial charge in [-0.25, -0.2) is 15.0 Å². The quantitative estimate of drug-likeness (QED) is 0.176. The smallest absolute Gasteiger partial charge is 0.167 e. The maximum absolute atomic E-state index is 6.81. The highest BCUT2D eigenvalue weighted by Gasteiger charge is 2.20. The van der Waals surface area contributed by atoms with E-state index in [1.165, 1.54) is 53.2 Å². The molecule has 0 amide bonds. The first-order chi connectivity index (χ1) is 28.3. The zero-order chi connectivity index (χ0) is 37.5. The molecule has 6 heteroatoms. The molecule has 4 heterocycles. The molecule has 8 aromatic carbocycles. The summed E-state index contributed by atoms with van der Waals surface area (Å²) < 4.78 is 11.8. The number of thiophene rings is 1. The van der Waals surface area contributed by atoms with Gasteiger partial charge in [-0.15, -0.1) is 11.3 Å². The zero-order valence-electron chi connectivity index (χ0n) is 30.4. The van der Waals surface area contributed by atoms with Crippen molar-refractivity contribution < 1.29 is 4.42 Å². The Morgan fingerprint density at radius 2 is 0.930 bits per heavy atom. The van der Waals surface area contributed by atoms with Crippen LogP contribution >= 0.6 is 11.3 Å². The molecule has 0 atom stereocenters. The molecular weight excluding hydrogens is 717 g/mol. The lowest BCUT2D eigenvalue weighted by Gasteiger charge is -2.09. The number of hydrogen-bond acceptors (Lipinski definition) is 5. The maximum Gasteiger partial charge on any atom is 0.167 e. The number of aromatic nitrogens is 4. The molecule has 12 aromatic rings. The molecule has 0 aliphatic heterocycles. The summed E-state index contributed by atoms with van der Waals surface area (Å²) in [4.78, 5) is 14.9. The second-order valence-electron chi connectivity index (χ2n) is 14.3. The Morgan fingerprint density at radius 3 is 1.61 bits per heavy atom. The molecule has 0 spiro atoms. The minimum atomic E-state index is 0.571. The topological polar surface area (TPSA) is 56.7 Å². The normalized spacial score (nSPS) is 11.9. The van der Waals surface area contributed by atoms with E-state index >= 15 is 0 Å². The molecule has 12 rings (SSSR count). The first-order valence-corrected chi connectivity index (χ1v) is 19.8. The van der Waals surface area contributed by atoms with Crippen LogP contribution in [0.3, 0.4) is 0 Å². The number of hydrogen-bond donors (Lipinski definition) is 0. The Balaban J connectivity index is 1.02. The highest BCUT2D eigenvalue weighted by molar-refractivity contribution is 7.26. The lowest BCUT2D eigenvalue weighted by atomic mass is 10.0. The van der Waals surface area contributed by atoms with Gasteiger partial charge in [-0.2, -0.15) is 0 Å². The molecule has 0 saturated heterocycles. The first kappa shape index (κ1) is 31.9. The summed E-state index contributed by atoms with van der Waals surface area (Å²) in [7, 11) is 0. The summed E-state index contributed by atoms with van der Waals surface area (Å²) in [6.45, 7) is 0. The summed E-state index contributed by atoms with van der Waals surface area (Å²) in [6, 6.07) is 63.7. The van der Waals surface area contributed by atoms with Crippen molar-refractivity contribution in [3.63, 3.8) is 0 Å². The molecule has 0 N–H and O–H groups in total. The van der Waals surface area contributed by atoms with Gasteiger partial charge in [0.2, 0.25) is 0 Å². The largest absolute Gasteiger partial charge is 0.455 e. The standard InChI is InChI=1S/C51H30N4OS/c1-3-14-31(15-4-1)49-52-50(32-16-5-2-6-17-32)54-51(53-49)41-24-12-21-38-37-29-28-33(30-45(37)56-46(38)41)34-20-11-22-39-40-23-13-27-44(48(40)57-47(34)39)55-42-25-9-7-18-35(42)36-19-8-10-26-43(36)55/h1-30H. The number of furan rings is 1. The molecule has 4 aromatic heterocycles. The van der Waals surface area contributed by atoms with Gasteiger partial charge in [-0.05, 0) is 47.5 Å². The van der Waals surface area contributed by atoms with Gasteiger partial charge in [0.15, 0.2) is 17.5 Å². The summed E-state index contributed by atoms with van der Waals surface area (Å²) in [5.74, 6) is 1.81.